The molecule has 6 nitrogen and oxygen atoms in total. The molecule has 1 amide bonds. The van der Waals surface area contributed by atoms with Crippen molar-refractivity contribution in [1.82, 2.24) is 15.5 Å². The van der Waals surface area contributed by atoms with Gasteiger partial charge in [-0.1, -0.05) is 13.8 Å². The molecule has 1 aromatic rings. The summed E-state index contributed by atoms with van der Waals surface area (Å²) in [5.74, 6) is -2.16. The molecule has 0 bridgehead atoms. The molecule has 2 rings (SSSR count). The Morgan fingerprint density at radius 3 is 2.61 bits per heavy atom. The van der Waals surface area contributed by atoms with Crippen molar-refractivity contribution >= 4 is 11.9 Å². The summed E-state index contributed by atoms with van der Waals surface area (Å²) in [7, 11) is 0. The van der Waals surface area contributed by atoms with E-state index in [2.05, 4.69) is 15.5 Å². The number of aromatic amines is 1. The Kier molecular flexibility index (Phi) is 2.88. The number of carbonyl (C=O) groups excluding carboxylic acids is 1. The minimum absolute atomic E-state index is 0.179. The third-order valence-corrected chi connectivity index (χ3v) is 3.75. The zero-order chi connectivity index (χ0) is 13.5. The number of hydrogen-bond acceptors (Lipinski definition) is 3. The largest absolute Gasteiger partial charge is 0.481 e. The second kappa shape index (κ2) is 4.12. The van der Waals surface area contributed by atoms with Gasteiger partial charge in [-0.3, -0.25) is 14.7 Å². The predicted molar refractivity (Wildman–Crippen MR) is 63.5 cm³/mol. The van der Waals surface area contributed by atoms with Crippen LogP contribution in [0.25, 0.3) is 0 Å². The molecule has 1 aromatic heterocycles. The zero-order valence-electron chi connectivity index (χ0n) is 10.6. The minimum Gasteiger partial charge on any atom is -0.481 e. The smallest absolute Gasteiger partial charge is 0.307 e. The normalized spacial score (nSPS) is 26.4. The van der Waals surface area contributed by atoms with Crippen LogP contribution >= 0.6 is 0 Å². The maximum Gasteiger partial charge on any atom is 0.307 e. The highest BCUT2D eigenvalue weighted by Crippen LogP contribution is 2.58. The van der Waals surface area contributed by atoms with E-state index < -0.39 is 23.2 Å². The molecule has 1 aliphatic carbocycles. The van der Waals surface area contributed by atoms with E-state index in [0.29, 0.717) is 0 Å². The van der Waals surface area contributed by atoms with Gasteiger partial charge in [0.25, 0.3) is 0 Å². The van der Waals surface area contributed by atoms with E-state index in [4.69, 9.17) is 5.11 Å². The van der Waals surface area contributed by atoms with Crippen LogP contribution in [0.3, 0.4) is 0 Å². The van der Waals surface area contributed by atoms with E-state index in [1.165, 1.54) is 0 Å². The number of hydrogen-bond donors (Lipinski definition) is 3. The van der Waals surface area contributed by atoms with Crippen LogP contribution in [0.4, 0.5) is 0 Å². The highest BCUT2D eigenvalue weighted by atomic mass is 16.4. The maximum atomic E-state index is 12.0. The van der Waals surface area contributed by atoms with Gasteiger partial charge < -0.3 is 10.4 Å². The van der Waals surface area contributed by atoms with Crippen LogP contribution in [0.2, 0.25) is 0 Å². The first-order valence-electron chi connectivity index (χ1n) is 5.87. The molecule has 3 unspecified atom stereocenters. The van der Waals surface area contributed by atoms with Crippen molar-refractivity contribution in [3.05, 3.63) is 18.0 Å². The number of nitrogens with zero attached hydrogens (tertiary/aromatic N) is 1. The van der Waals surface area contributed by atoms with Gasteiger partial charge in [0.15, 0.2) is 0 Å². The topological polar surface area (TPSA) is 95.1 Å². The van der Waals surface area contributed by atoms with Crippen molar-refractivity contribution in [3.8, 4) is 0 Å². The number of amides is 1. The van der Waals surface area contributed by atoms with Gasteiger partial charge in [-0.15, -0.1) is 0 Å². The van der Waals surface area contributed by atoms with E-state index in [-0.39, 0.29) is 11.9 Å². The van der Waals surface area contributed by atoms with Crippen molar-refractivity contribution in [2.75, 3.05) is 0 Å². The SMILES string of the molecule is CC(NC(=O)C1C(C(=O)O)C1(C)C)c1cn[nH]c1. The molecular formula is C12H17N3O3. The summed E-state index contributed by atoms with van der Waals surface area (Å²) in [5.41, 5.74) is 0.403. The van der Waals surface area contributed by atoms with Crippen LogP contribution in [0.15, 0.2) is 12.4 Å². The molecule has 0 spiro atoms. The molecule has 0 radical (unpaired) electrons. The first kappa shape index (κ1) is 12.6. The Labute approximate surface area is 105 Å². The first-order chi connectivity index (χ1) is 8.35. The van der Waals surface area contributed by atoms with Gasteiger partial charge >= 0.3 is 5.97 Å². The third-order valence-electron chi connectivity index (χ3n) is 3.75. The van der Waals surface area contributed by atoms with Gasteiger partial charge in [0.2, 0.25) is 5.91 Å². The van der Waals surface area contributed by atoms with Crippen molar-refractivity contribution < 1.29 is 14.7 Å². The van der Waals surface area contributed by atoms with Gasteiger partial charge in [-0.25, -0.2) is 0 Å². The van der Waals surface area contributed by atoms with Crippen molar-refractivity contribution in [3.63, 3.8) is 0 Å². The number of aromatic nitrogens is 2. The lowest BCUT2D eigenvalue weighted by molar-refractivity contribution is -0.140. The number of H-pyrrole nitrogens is 1. The summed E-state index contributed by atoms with van der Waals surface area (Å²) in [6.45, 7) is 5.45. The van der Waals surface area contributed by atoms with E-state index in [1.54, 1.807) is 26.2 Å². The average molecular weight is 251 g/mol. The van der Waals surface area contributed by atoms with E-state index in [0.717, 1.165) is 5.56 Å². The van der Waals surface area contributed by atoms with Gasteiger partial charge in [0.1, 0.15) is 0 Å². The predicted octanol–water partition coefficient (Wildman–Crippen LogP) is 0.944. The lowest BCUT2D eigenvalue weighted by atomic mass is 10.1. The fourth-order valence-corrected chi connectivity index (χ4v) is 2.47. The number of carbonyl (C=O) groups is 2. The zero-order valence-corrected chi connectivity index (χ0v) is 10.6. The summed E-state index contributed by atoms with van der Waals surface area (Å²) in [5, 5.41) is 18.3. The monoisotopic (exact) mass is 251 g/mol. The van der Waals surface area contributed by atoms with Crippen LogP contribution in [-0.2, 0) is 9.59 Å². The lowest BCUT2D eigenvalue weighted by Crippen LogP contribution is -2.29. The number of carboxylic acid groups (broad SMARTS) is 1. The summed E-state index contributed by atoms with van der Waals surface area (Å²) < 4.78 is 0. The van der Waals surface area contributed by atoms with E-state index in [1.807, 2.05) is 6.92 Å². The molecule has 0 aliphatic heterocycles. The highest BCUT2D eigenvalue weighted by Gasteiger charge is 2.65. The lowest BCUT2D eigenvalue weighted by Gasteiger charge is -2.12. The van der Waals surface area contributed by atoms with Gasteiger partial charge in [-0.2, -0.15) is 5.10 Å². The minimum atomic E-state index is -0.906. The second-order valence-corrected chi connectivity index (χ2v) is 5.38. The van der Waals surface area contributed by atoms with Crippen molar-refractivity contribution in [2.24, 2.45) is 17.3 Å². The quantitative estimate of drug-likeness (QED) is 0.742. The Balaban J connectivity index is 2.00. The van der Waals surface area contributed by atoms with Crippen LogP contribution in [0.5, 0.6) is 0 Å². The molecule has 1 heterocycles. The standard InChI is InChI=1S/C12H17N3O3/c1-6(7-4-13-14-5-7)15-10(16)8-9(11(17)18)12(8,2)3/h4-6,8-9H,1-3H3,(H,13,14)(H,15,16)(H,17,18). The van der Waals surface area contributed by atoms with Gasteiger partial charge in [-0.05, 0) is 12.3 Å². The van der Waals surface area contributed by atoms with E-state index >= 15 is 0 Å². The number of carboxylic acids is 1. The number of aliphatic carboxylic acids is 1. The van der Waals surface area contributed by atoms with E-state index in [9.17, 15) is 9.59 Å². The Morgan fingerprint density at radius 2 is 2.17 bits per heavy atom. The molecule has 3 N–H and O–H groups in total. The Morgan fingerprint density at radius 1 is 1.50 bits per heavy atom. The van der Waals surface area contributed by atoms with Gasteiger partial charge in [0, 0.05) is 11.8 Å². The van der Waals surface area contributed by atoms with Crippen molar-refractivity contribution in [1.29, 1.82) is 0 Å². The number of nitrogens with one attached hydrogen (secondary N) is 2. The van der Waals surface area contributed by atoms with Gasteiger partial charge in [0.05, 0.1) is 24.1 Å². The highest BCUT2D eigenvalue weighted by molar-refractivity contribution is 5.91. The molecule has 18 heavy (non-hydrogen) atoms. The average Bonchev–Trinajstić information content (AvgIpc) is 2.67. The van der Waals surface area contributed by atoms with Crippen LogP contribution in [0, 0.1) is 17.3 Å². The summed E-state index contributed by atoms with van der Waals surface area (Å²) in [6, 6.07) is -0.179. The van der Waals surface area contributed by atoms with Crippen LogP contribution in [-0.4, -0.2) is 27.2 Å². The fraction of sp³-hybridized carbons (Fsp3) is 0.583. The molecule has 0 saturated heterocycles. The Bertz CT molecular complexity index is 467. The Hall–Kier alpha value is -1.85. The molecule has 3 atom stereocenters. The van der Waals surface area contributed by atoms with Crippen LogP contribution < -0.4 is 5.32 Å². The molecule has 6 heteroatoms. The molecule has 1 aliphatic rings. The molecule has 98 valence electrons. The summed E-state index contributed by atoms with van der Waals surface area (Å²) >= 11 is 0. The molecule has 0 aromatic carbocycles. The second-order valence-electron chi connectivity index (χ2n) is 5.38. The molecular weight excluding hydrogens is 234 g/mol. The third kappa shape index (κ3) is 1.98. The number of rotatable bonds is 4. The maximum absolute atomic E-state index is 12.0. The van der Waals surface area contributed by atoms with Crippen molar-refractivity contribution in [2.45, 2.75) is 26.8 Å². The first-order valence-corrected chi connectivity index (χ1v) is 5.87. The van der Waals surface area contributed by atoms with Crippen LogP contribution in [0.1, 0.15) is 32.4 Å². The summed E-state index contributed by atoms with van der Waals surface area (Å²) in [4.78, 5) is 23.0. The molecule has 1 fully saturated rings. The summed E-state index contributed by atoms with van der Waals surface area (Å²) in [6.07, 6.45) is 3.34. The fourth-order valence-electron chi connectivity index (χ4n) is 2.47. The molecule has 1 saturated carbocycles.